The van der Waals surface area contributed by atoms with Crippen molar-refractivity contribution in [2.75, 3.05) is 13.4 Å². The van der Waals surface area contributed by atoms with Gasteiger partial charge in [-0.05, 0) is 30.3 Å². The zero-order chi connectivity index (χ0) is 18.9. The second-order valence-electron chi connectivity index (χ2n) is 6.05. The fourth-order valence-electron chi connectivity index (χ4n) is 2.83. The summed E-state index contributed by atoms with van der Waals surface area (Å²) in [4.78, 5) is 16.5. The quantitative estimate of drug-likeness (QED) is 0.629. The summed E-state index contributed by atoms with van der Waals surface area (Å²) in [7, 11) is 0. The number of para-hydroxylation sites is 2. The second kappa shape index (κ2) is 6.76. The predicted molar refractivity (Wildman–Crippen MR) is 92.0 cm³/mol. The predicted octanol–water partition coefficient (Wildman–Crippen LogP) is 2.35. The third-order valence-corrected chi connectivity index (χ3v) is 4.21. The maximum absolute atomic E-state index is 12.2. The fraction of sp³-hybridized carbons (Fsp3) is 0.211. The van der Waals surface area contributed by atoms with Crippen LogP contribution in [0.1, 0.15) is 5.89 Å². The van der Waals surface area contributed by atoms with Gasteiger partial charge in [0.25, 0.3) is 5.89 Å². The number of fused-ring (bicyclic) bond motifs is 2. The Morgan fingerprint density at radius 1 is 1.04 bits per heavy atom. The number of hydrogen-bond donors (Lipinski definition) is 0. The molecule has 3 aromatic rings. The van der Waals surface area contributed by atoms with E-state index in [1.165, 1.54) is 0 Å². The van der Waals surface area contributed by atoms with Crippen LogP contribution in [0.25, 0.3) is 11.4 Å². The van der Waals surface area contributed by atoms with Crippen molar-refractivity contribution in [1.29, 1.82) is 0 Å². The molecule has 1 aromatic heterocycles. The maximum Gasteiger partial charge on any atom is 0.351 e. The zero-order valence-electron chi connectivity index (χ0n) is 14.5. The lowest BCUT2D eigenvalue weighted by Gasteiger charge is -2.24. The van der Waals surface area contributed by atoms with Crippen LogP contribution in [-0.2, 0) is 16.1 Å². The Hall–Kier alpha value is -3.75. The van der Waals surface area contributed by atoms with Gasteiger partial charge >= 0.3 is 5.97 Å². The number of hydrogen-bond acceptors (Lipinski definition) is 9. The number of rotatable bonds is 4. The molecule has 2 aliphatic heterocycles. The van der Waals surface area contributed by atoms with E-state index in [9.17, 15) is 4.79 Å². The Morgan fingerprint density at radius 3 is 2.79 bits per heavy atom. The number of esters is 1. The van der Waals surface area contributed by atoms with Crippen LogP contribution in [0.2, 0.25) is 0 Å². The van der Waals surface area contributed by atoms with Crippen LogP contribution in [0.3, 0.4) is 0 Å². The molecule has 2 aliphatic rings. The molecule has 0 saturated carbocycles. The smallest absolute Gasteiger partial charge is 0.351 e. The Kier molecular flexibility index (Phi) is 3.97. The summed E-state index contributed by atoms with van der Waals surface area (Å²) in [5, 5.41) is 3.90. The molecule has 0 fully saturated rings. The van der Waals surface area contributed by atoms with Gasteiger partial charge < -0.3 is 28.2 Å². The molecule has 9 nitrogen and oxygen atoms in total. The van der Waals surface area contributed by atoms with Crippen LogP contribution in [0.4, 0.5) is 0 Å². The molecular formula is C19H14N2O7. The second-order valence-corrected chi connectivity index (χ2v) is 6.05. The first-order chi connectivity index (χ1) is 13.8. The molecule has 0 spiro atoms. The minimum atomic E-state index is -0.855. The molecule has 0 amide bonds. The van der Waals surface area contributed by atoms with Crippen molar-refractivity contribution in [3.63, 3.8) is 0 Å². The van der Waals surface area contributed by atoms with Crippen molar-refractivity contribution in [2.45, 2.75) is 12.7 Å². The van der Waals surface area contributed by atoms with Gasteiger partial charge in [-0.3, -0.25) is 0 Å². The van der Waals surface area contributed by atoms with Crippen LogP contribution in [0.15, 0.2) is 47.0 Å². The monoisotopic (exact) mass is 382 g/mol. The molecule has 1 unspecified atom stereocenters. The highest BCUT2D eigenvalue weighted by Gasteiger charge is 2.29. The highest BCUT2D eigenvalue weighted by Crippen LogP contribution is 2.35. The van der Waals surface area contributed by atoms with Crippen LogP contribution < -0.4 is 18.9 Å². The Morgan fingerprint density at radius 2 is 1.86 bits per heavy atom. The van der Waals surface area contributed by atoms with Crippen LogP contribution in [-0.4, -0.2) is 35.6 Å². The minimum absolute atomic E-state index is 0.0716. The lowest BCUT2D eigenvalue weighted by molar-refractivity contribution is -0.156. The molecule has 2 aromatic carbocycles. The molecular weight excluding hydrogens is 368 g/mol. The maximum atomic E-state index is 12.2. The Balaban J connectivity index is 1.21. The molecule has 0 bridgehead atoms. The molecule has 1 atom stereocenters. The Labute approximate surface area is 158 Å². The highest BCUT2D eigenvalue weighted by atomic mass is 16.7. The SMILES string of the molecule is O=C(OCc1nc(-c2ccc3c(c2)OCO3)no1)C1COc2ccccc2O1. The molecule has 0 N–H and O–H groups in total. The zero-order valence-corrected chi connectivity index (χ0v) is 14.5. The van der Waals surface area contributed by atoms with Gasteiger partial charge in [0.1, 0.15) is 6.61 Å². The first kappa shape index (κ1) is 16.4. The number of ether oxygens (including phenoxy) is 5. The van der Waals surface area contributed by atoms with Crippen molar-refractivity contribution in [2.24, 2.45) is 0 Å². The Bertz CT molecular complexity index is 1030. The standard InChI is InChI=1S/C19H14N2O7/c22-19(16-8-23-12-3-1-2-4-14(12)27-16)24-9-17-20-18(21-28-17)11-5-6-13-15(7-11)26-10-25-13/h1-7,16H,8-10H2. The van der Waals surface area contributed by atoms with Gasteiger partial charge in [-0.1, -0.05) is 17.3 Å². The largest absolute Gasteiger partial charge is 0.485 e. The molecule has 3 heterocycles. The van der Waals surface area contributed by atoms with Crippen LogP contribution in [0.5, 0.6) is 23.0 Å². The van der Waals surface area contributed by atoms with E-state index in [-0.39, 0.29) is 25.9 Å². The van der Waals surface area contributed by atoms with Crippen molar-refractivity contribution in [1.82, 2.24) is 10.1 Å². The minimum Gasteiger partial charge on any atom is -0.485 e. The van der Waals surface area contributed by atoms with E-state index < -0.39 is 12.1 Å². The van der Waals surface area contributed by atoms with E-state index >= 15 is 0 Å². The summed E-state index contributed by atoms with van der Waals surface area (Å²) < 4.78 is 32.1. The normalized spacial score (nSPS) is 16.6. The van der Waals surface area contributed by atoms with E-state index in [0.29, 0.717) is 34.4 Å². The summed E-state index contributed by atoms with van der Waals surface area (Å²) in [5.74, 6) is 2.32. The van der Waals surface area contributed by atoms with Crippen molar-refractivity contribution in [3.05, 3.63) is 48.4 Å². The highest BCUT2D eigenvalue weighted by molar-refractivity contribution is 5.76. The molecule has 0 radical (unpaired) electrons. The number of carbonyl (C=O) groups excluding carboxylic acids is 1. The van der Waals surface area contributed by atoms with E-state index in [4.69, 9.17) is 28.2 Å². The number of nitrogens with zero attached hydrogens (tertiary/aromatic N) is 2. The van der Waals surface area contributed by atoms with Crippen molar-refractivity contribution >= 4 is 5.97 Å². The van der Waals surface area contributed by atoms with E-state index in [1.54, 1.807) is 36.4 Å². The van der Waals surface area contributed by atoms with E-state index in [2.05, 4.69) is 10.1 Å². The summed E-state index contributed by atoms with van der Waals surface area (Å²) >= 11 is 0. The van der Waals surface area contributed by atoms with Crippen LogP contribution in [0, 0.1) is 0 Å². The first-order valence-electron chi connectivity index (χ1n) is 8.54. The topological polar surface area (TPSA) is 102 Å². The van der Waals surface area contributed by atoms with Gasteiger partial charge in [-0.25, -0.2) is 4.79 Å². The van der Waals surface area contributed by atoms with E-state index in [0.717, 1.165) is 0 Å². The van der Waals surface area contributed by atoms with E-state index in [1.807, 2.05) is 6.07 Å². The van der Waals surface area contributed by atoms with Gasteiger partial charge in [0, 0.05) is 5.56 Å². The molecule has 0 saturated heterocycles. The third kappa shape index (κ3) is 3.07. The first-order valence-corrected chi connectivity index (χ1v) is 8.54. The summed E-state index contributed by atoms with van der Waals surface area (Å²) in [5.41, 5.74) is 0.700. The molecule has 28 heavy (non-hydrogen) atoms. The molecule has 0 aliphatic carbocycles. The molecule has 5 rings (SSSR count). The van der Waals surface area contributed by atoms with Crippen molar-refractivity contribution in [3.8, 4) is 34.4 Å². The summed E-state index contributed by atoms with van der Waals surface area (Å²) in [6.45, 7) is 0.0870. The molecule has 9 heteroatoms. The summed E-state index contributed by atoms with van der Waals surface area (Å²) in [6, 6.07) is 12.4. The average molecular weight is 382 g/mol. The van der Waals surface area contributed by atoms with Crippen LogP contribution >= 0.6 is 0 Å². The van der Waals surface area contributed by atoms with Gasteiger partial charge in [-0.15, -0.1) is 0 Å². The fourth-order valence-corrected chi connectivity index (χ4v) is 2.83. The number of carbonyl (C=O) groups is 1. The lowest BCUT2D eigenvalue weighted by atomic mass is 10.2. The van der Waals surface area contributed by atoms with Gasteiger partial charge in [0.15, 0.2) is 29.6 Å². The number of aromatic nitrogens is 2. The third-order valence-electron chi connectivity index (χ3n) is 4.21. The van der Waals surface area contributed by atoms with Crippen molar-refractivity contribution < 1.29 is 33.0 Å². The van der Waals surface area contributed by atoms with Gasteiger partial charge in [-0.2, -0.15) is 4.98 Å². The lowest BCUT2D eigenvalue weighted by Crippen LogP contribution is -2.37. The summed E-state index contributed by atoms with van der Waals surface area (Å²) in [6.07, 6.45) is -0.855. The molecule has 142 valence electrons. The van der Waals surface area contributed by atoms with Gasteiger partial charge in [0.2, 0.25) is 18.7 Å². The number of benzene rings is 2. The van der Waals surface area contributed by atoms with Gasteiger partial charge in [0.05, 0.1) is 0 Å². The average Bonchev–Trinajstić information content (AvgIpc) is 3.40.